The standard InChI is InChI=1S/C22H22N2O4S/c1-14-6-4-8-17(28-3)19(14)22(12-13-22)21(25)24-29(26,27)18-9-5-7-16-11-10-15(2)23-20(16)18/h4-11H,12-13H2,1-3H3,(H,24,25). The van der Waals surface area contributed by atoms with E-state index in [0.29, 0.717) is 35.2 Å². The van der Waals surface area contributed by atoms with Crippen molar-refractivity contribution in [2.45, 2.75) is 37.0 Å². The van der Waals surface area contributed by atoms with Gasteiger partial charge in [0.25, 0.3) is 10.0 Å². The van der Waals surface area contributed by atoms with E-state index in [-0.39, 0.29) is 4.90 Å². The lowest BCUT2D eigenvalue weighted by atomic mass is 9.90. The molecular formula is C22H22N2O4S. The molecule has 1 fully saturated rings. The van der Waals surface area contributed by atoms with Crippen LogP contribution in [0.2, 0.25) is 0 Å². The average molecular weight is 410 g/mol. The van der Waals surface area contributed by atoms with Crippen LogP contribution in [-0.2, 0) is 20.2 Å². The second kappa shape index (κ2) is 6.84. The highest BCUT2D eigenvalue weighted by Crippen LogP contribution is 2.53. The van der Waals surface area contributed by atoms with Crippen molar-refractivity contribution in [3.8, 4) is 5.75 Å². The third-order valence-corrected chi connectivity index (χ3v) is 6.82. The fourth-order valence-corrected chi connectivity index (χ4v) is 5.07. The molecule has 1 aliphatic rings. The van der Waals surface area contributed by atoms with Crippen molar-refractivity contribution in [2.75, 3.05) is 7.11 Å². The molecule has 0 atom stereocenters. The zero-order valence-electron chi connectivity index (χ0n) is 16.5. The molecule has 1 amide bonds. The van der Waals surface area contributed by atoms with Crippen molar-refractivity contribution in [3.63, 3.8) is 0 Å². The van der Waals surface area contributed by atoms with Gasteiger partial charge in [-0.1, -0.05) is 30.3 Å². The Morgan fingerprint density at radius 1 is 1.07 bits per heavy atom. The van der Waals surface area contributed by atoms with E-state index in [4.69, 9.17) is 4.74 Å². The Hall–Kier alpha value is -2.93. The summed E-state index contributed by atoms with van der Waals surface area (Å²) in [6, 6.07) is 14.1. The Morgan fingerprint density at radius 2 is 1.79 bits per heavy atom. The van der Waals surface area contributed by atoms with Crippen LogP contribution in [0, 0.1) is 13.8 Å². The first kappa shape index (κ1) is 19.4. The van der Waals surface area contributed by atoms with Crippen LogP contribution in [0.1, 0.15) is 29.7 Å². The number of hydrogen-bond donors (Lipinski definition) is 1. The van der Waals surface area contributed by atoms with E-state index in [9.17, 15) is 13.2 Å². The second-order valence-electron chi connectivity index (χ2n) is 7.45. The highest BCUT2D eigenvalue weighted by Gasteiger charge is 2.54. The number of rotatable bonds is 5. The number of benzene rings is 2. The average Bonchev–Trinajstić information content (AvgIpc) is 3.48. The van der Waals surface area contributed by atoms with Crippen LogP contribution >= 0.6 is 0 Å². The molecule has 150 valence electrons. The third-order valence-electron chi connectivity index (χ3n) is 5.46. The molecule has 0 radical (unpaired) electrons. The fraction of sp³-hybridized carbons (Fsp3) is 0.273. The Bertz CT molecular complexity index is 1230. The van der Waals surface area contributed by atoms with Crippen LogP contribution in [0.4, 0.5) is 0 Å². The molecule has 0 saturated heterocycles. The number of para-hydroxylation sites is 1. The van der Waals surface area contributed by atoms with E-state index < -0.39 is 21.3 Å². The van der Waals surface area contributed by atoms with E-state index >= 15 is 0 Å². The number of sulfonamides is 1. The summed E-state index contributed by atoms with van der Waals surface area (Å²) in [5.74, 6) is 0.0623. The highest BCUT2D eigenvalue weighted by atomic mass is 32.2. The summed E-state index contributed by atoms with van der Waals surface area (Å²) < 4.78 is 34.0. The first-order chi connectivity index (χ1) is 13.8. The summed E-state index contributed by atoms with van der Waals surface area (Å²) in [4.78, 5) is 17.5. The fourth-order valence-electron chi connectivity index (χ4n) is 3.85. The normalized spacial score (nSPS) is 15.1. The van der Waals surface area contributed by atoms with Gasteiger partial charge in [-0.3, -0.25) is 9.78 Å². The van der Waals surface area contributed by atoms with Crippen LogP contribution in [0.25, 0.3) is 10.9 Å². The SMILES string of the molecule is COc1cccc(C)c1C1(C(=O)NS(=O)(=O)c2cccc3ccc(C)nc23)CC1. The third kappa shape index (κ3) is 3.25. The first-order valence-electron chi connectivity index (χ1n) is 9.36. The van der Waals surface area contributed by atoms with E-state index in [0.717, 1.165) is 11.1 Å². The molecule has 29 heavy (non-hydrogen) atoms. The number of methoxy groups -OCH3 is 1. The molecule has 1 aliphatic carbocycles. The number of carbonyl (C=O) groups excluding carboxylic acids is 1. The molecule has 6 nitrogen and oxygen atoms in total. The summed E-state index contributed by atoms with van der Waals surface area (Å²) in [6.45, 7) is 3.70. The number of carbonyl (C=O) groups is 1. The predicted octanol–water partition coefficient (Wildman–Crippen LogP) is 3.40. The van der Waals surface area contributed by atoms with Gasteiger partial charge >= 0.3 is 0 Å². The number of amides is 1. The summed E-state index contributed by atoms with van der Waals surface area (Å²) in [5.41, 5.74) is 1.82. The van der Waals surface area contributed by atoms with Crippen molar-refractivity contribution in [1.29, 1.82) is 0 Å². The summed E-state index contributed by atoms with van der Waals surface area (Å²) in [5, 5.41) is 0.702. The van der Waals surface area contributed by atoms with Gasteiger partial charge in [0, 0.05) is 16.6 Å². The van der Waals surface area contributed by atoms with E-state index in [1.165, 1.54) is 6.07 Å². The lowest BCUT2D eigenvalue weighted by molar-refractivity contribution is -0.121. The molecule has 2 aromatic carbocycles. The number of nitrogens with one attached hydrogen (secondary N) is 1. The van der Waals surface area contributed by atoms with Gasteiger partial charge in [0.05, 0.1) is 18.0 Å². The van der Waals surface area contributed by atoms with Crippen LogP contribution in [0.15, 0.2) is 53.4 Å². The van der Waals surface area contributed by atoms with Crippen LogP contribution in [0.3, 0.4) is 0 Å². The van der Waals surface area contributed by atoms with Gasteiger partial charge in [-0.15, -0.1) is 0 Å². The van der Waals surface area contributed by atoms with Crippen LogP contribution in [-0.4, -0.2) is 26.4 Å². The number of pyridine rings is 1. The lowest BCUT2D eigenvalue weighted by Gasteiger charge is -2.21. The highest BCUT2D eigenvalue weighted by molar-refractivity contribution is 7.90. The molecule has 4 rings (SSSR count). The van der Waals surface area contributed by atoms with Crippen molar-refractivity contribution in [3.05, 3.63) is 65.4 Å². The number of hydrogen-bond acceptors (Lipinski definition) is 5. The minimum atomic E-state index is -4.09. The Morgan fingerprint density at radius 3 is 2.48 bits per heavy atom. The molecule has 1 saturated carbocycles. The van der Waals surface area contributed by atoms with Crippen molar-refractivity contribution < 1.29 is 17.9 Å². The second-order valence-corrected chi connectivity index (χ2v) is 9.10. The van der Waals surface area contributed by atoms with Gasteiger partial charge in [-0.2, -0.15) is 0 Å². The number of ether oxygens (including phenoxy) is 1. The lowest BCUT2D eigenvalue weighted by Crippen LogP contribution is -2.39. The van der Waals surface area contributed by atoms with Crippen LogP contribution in [0.5, 0.6) is 5.75 Å². The number of nitrogens with zero attached hydrogens (tertiary/aromatic N) is 1. The van der Waals surface area contributed by atoms with E-state index in [2.05, 4.69) is 9.71 Å². The predicted molar refractivity (Wildman–Crippen MR) is 110 cm³/mol. The molecule has 1 N–H and O–H groups in total. The number of fused-ring (bicyclic) bond motifs is 1. The molecule has 0 bridgehead atoms. The summed E-state index contributed by atoms with van der Waals surface area (Å²) >= 11 is 0. The largest absolute Gasteiger partial charge is 0.496 e. The molecule has 1 aromatic heterocycles. The Balaban J connectivity index is 1.74. The first-order valence-corrected chi connectivity index (χ1v) is 10.8. The van der Waals surface area contributed by atoms with Gasteiger partial charge in [0.2, 0.25) is 5.91 Å². The summed E-state index contributed by atoms with van der Waals surface area (Å²) in [7, 11) is -2.54. The van der Waals surface area contributed by atoms with Crippen LogP contribution < -0.4 is 9.46 Å². The Kier molecular flexibility index (Phi) is 4.58. The molecule has 7 heteroatoms. The smallest absolute Gasteiger partial charge is 0.266 e. The number of aromatic nitrogens is 1. The summed E-state index contributed by atoms with van der Waals surface area (Å²) in [6.07, 6.45) is 1.14. The van der Waals surface area contributed by atoms with E-state index in [1.807, 2.05) is 31.2 Å². The molecule has 3 aromatic rings. The van der Waals surface area contributed by atoms with Crippen molar-refractivity contribution >= 4 is 26.8 Å². The van der Waals surface area contributed by atoms with E-state index in [1.54, 1.807) is 32.2 Å². The maximum atomic E-state index is 13.2. The molecule has 1 heterocycles. The molecule has 0 unspecified atom stereocenters. The minimum Gasteiger partial charge on any atom is -0.496 e. The monoisotopic (exact) mass is 410 g/mol. The zero-order valence-corrected chi connectivity index (χ0v) is 17.3. The van der Waals surface area contributed by atoms with Gasteiger partial charge in [-0.25, -0.2) is 13.1 Å². The topological polar surface area (TPSA) is 85.4 Å². The maximum absolute atomic E-state index is 13.2. The van der Waals surface area contributed by atoms with Gasteiger partial charge in [-0.05, 0) is 50.5 Å². The molecular weight excluding hydrogens is 388 g/mol. The molecule has 0 aliphatic heterocycles. The van der Waals surface area contributed by atoms with Crippen molar-refractivity contribution in [2.24, 2.45) is 0 Å². The van der Waals surface area contributed by atoms with Gasteiger partial charge in [0.1, 0.15) is 10.6 Å². The van der Waals surface area contributed by atoms with Crippen molar-refractivity contribution in [1.82, 2.24) is 9.71 Å². The molecule has 0 spiro atoms. The zero-order chi connectivity index (χ0) is 20.8. The minimum absolute atomic E-state index is 0.000372. The maximum Gasteiger partial charge on any atom is 0.266 e. The van der Waals surface area contributed by atoms with Gasteiger partial charge in [0.15, 0.2) is 0 Å². The Labute approximate surface area is 170 Å². The quantitative estimate of drug-likeness (QED) is 0.697. The van der Waals surface area contributed by atoms with Gasteiger partial charge < -0.3 is 4.74 Å². The number of aryl methyl sites for hydroxylation is 2.